The van der Waals surface area contributed by atoms with Crippen molar-refractivity contribution in [3.63, 3.8) is 0 Å². The van der Waals surface area contributed by atoms with Crippen molar-refractivity contribution < 1.29 is 19.1 Å². The number of carbonyl (C=O) groups is 2. The highest BCUT2D eigenvalue weighted by atomic mass is 16.6. The van der Waals surface area contributed by atoms with Gasteiger partial charge in [0.05, 0.1) is 24.9 Å². The van der Waals surface area contributed by atoms with Crippen LogP contribution in [0, 0.1) is 0 Å². The highest BCUT2D eigenvalue weighted by Crippen LogP contribution is 2.29. The fourth-order valence-electron chi connectivity index (χ4n) is 2.46. The lowest BCUT2D eigenvalue weighted by molar-refractivity contribution is -0.148. The van der Waals surface area contributed by atoms with Crippen LogP contribution in [0.4, 0.5) is 11.4 Å². The molecule has 0 bridgehead atoms. The topological polar surface area (TPSA) is 90.6 Å². The molecule has 1 amide bonds. The lowest BCUT2D eigenvalue weighted by atomic mass is 10.1. The first-order chi connectivity index (χ1) is 13.2. The van der Waals surface area contributed by atoms with Gasteiger partial charge < -0.3 is 20.5 Å². The Kier molecular flexibility index (Phi) is 6.82. The van der Waals surface area contributed by atoms with E-state index in [0.29, 0.717) is 17.1 Å². The molecule has 0 aromatic heterocycles. The van der Waals surface area contributed by atoms with Crippen LogP contribution in [0.25, 0.3) is 6.08 Å². The number of amides is 1. The van der Waals surface area contributed by atoms with E-state index in [-0.39, 0.29) is 12.3 Å². The monoisotopic (exact) mass is 382 g/mol. The Morgan fingerprint density at radius 3 is 2.39 bits per heavy atom. The molecular formula is C22H26N2O4. The van der Waals surface area contributed by atoms with Crippen LogP contribution in [0.15, 0.2) is 48.5 Å². The van der Waals surface area contributed by atoms with Crippen molar-refractivity contribution in [2.75, 3.05) is 18.2 Å². The maximum absolute atomic E-state index is 12.3. The van der Waals surface area contributed by atoms with E-state index in [1.54, 1.807) is 24.3 Å². The molecule has 6 nitrogen and oxygen atoms in total. The third-order valence-electron chi connectivity index (χ3n) is 3.72. The SMILES string of the molecule is COc1cccc(NC(=O)Cc2ccc(/C=C/C(=O)OC(C)(C)C)cc2)c1N. The summed E-state index contributed by atoms with van der Waals surface area (Å²) in [7, 11) is 1.52. The zero-order valence-corrected chi connectivity index (χ0v) is 16.6. The number of benzene rings is 2. The summed E-state index contributed by atoms with van der Waals surface area (Å²) in [6.07, 6.45) is 3.26. The van der Waals surface area contributed by atoms with Crippen molar-refractivity contribution in [2.24, 2.45) is 0 Å². The zero-order valence-electron chi connectivity index (χ0n) is 16.6. The lowest BCUT2D eigenvalue weighted by Gasteiger charge is -2.17. The standard InChI is InChI=1S/C22H26N2O4/c1-22(2,3)28-20(26)13-12-15-8-10-16(11-9-15)14-19(25)24-17-6-5-7-18(27-4)21(17)23/h5-13H,14,23H2,1-4H3,(H,24,25)/b13-12+. The molecule has 0 spiro atoms. The van der Waals surface area contributed by atoms with Crippen LogP contribution in [0.5, 0.6) is 5.75 Å². The molecule has 0 fully saturated rings. The van der Waals surface area contributed by atoms with Crippen LogP contribution >= 0.6 is 0 Å². The summed E-state index contributed by atoms with van der Waals surface area (Å²) in [5.74, 6) is -0.0669. The molecule has 0 unspecified atom stereocenters. The van der Waals surface area contributed by atoms with Gasteiger partial charge in [-0.3, -0.25) is 4.79 Å². The van der Waals surface area contributed by atoms with Crippen LogP contribution in [0.1, 0.15) is 31.9 Å². The minimum atomic E-state index is -0.523. The van der Waals surface area contributed by atoms with Crippen LogP contribution in [-0.2, 0) is 20.7 Å². The summed E-state index contributed by atoms with van der Waals surface area (Å²) >= 11 is 0. The van der Waals surface area contributed by atoms with Gasteiger partial charge in [0, 0.05) is 6.08 Å². The smallest absolute Gasteiger partial charge is 0.331 e. The Morgan fingerprint density at radius 2 is 1.79 bits per heavy atom. The number of hydrogen-bond donors (Lipinski definition) is 2. The average molecular weight is 382 g/mol. The molecule has 6 heteroatoms. The fourth-order valence-corrected chi connectivity index (χ4v) is 2.46. The normalized spacial score (nSPS) is 11.3. The van der Waals surface area contributed by atoms with E-state index in [4.69, 9.17) is 15.2 Å². The number of anilines is 2. The largest absolute Gasteiger partial charge is 0.495 e. The maximum Gasteiger partial charge on any atom is 0.331 e. The number of esters is 1. The van der Waals surface area contributed by atoms with Gasteiger partial charge in [-0.2, -0.15) is 0 Å². The van der Waals surface area contributed by atoms with E-state index in [9.17, 15) is 9.59 Å². The van der Waals surface area contributed by atoms with Crippen molar-refractivity contribution in [2.45, 2.75) is 32.8 Å². The van der Waals surface area contributed by atoms with E-state index >= 15 is 0 Å². The Labute approximate surface area is 165 Å². The van der Waals surface area contributed by atoms with Crippen molar-refractivity contribution in [3.8, 4) is 5.75 Å². The van der Waals surface area contributed by atoms with Gasteiger partial charge >= 0.3 is 5.97 Å². The first kappa shape index (κ1) is 21.0. The molecule has 0 aliphatic heterocycles. The molecular weight excluding hydrogens is 356 g/mol. The summed E-state index contributed by atoms with van der Waals surface area (Å²) in [6, 6.07) is 12.6. The average Bonchev–Trinajstić information content (AvgIpc) is 2.61. The number of nitrogens with two attached hydrogens (primary N) is 1. The Hall–Kier alpha value is -3.28. The third kappa shape index (κ3) is 6.46. The summed E-state index contributed by atoms with van der Waals surface area (Å²) in [5, 5.41) is 2.79. The number of methoxy groups -OCH3 is 1. The lowest BCUT2D eigenvalue weighted by Crippen LogP contribution is -2.22. The summed E-state index contributed by atoms with van der Waals surface area (Å²) in [4.78, 5) is 24.0. The molecule has 0 aliphatic rings. The van der Waals surface area contributed by atoms with E-state index in [0.717, 1.165) is 11.1 Å². The number of rotatable bonds is 6. The molecule has 2 aromatic rings. The van der Waals surface area contributed by atoms with E-state index in [1.807, 2.05) is 45.0 Å². The van der Waals surface area contributed by atoms with Crippen molar-refractivity contribution in [1.29, 1.82) is 0 Å². The van der Waals surface area contributed by atoms with Gasteiger partial charge in [0.15, 0.2) is 0 Å². The quantitative estimate of drug-likeness (QED) is 0.450. The molecule has 0 atom stereocenters. The Balaban J connectivity index is 1.95. The highest BCUT2D eigenvalue weighted by molar-refractivity contribution is 5.96. The Morgan fingerprint density at radius 1 is 1.11 bits per heavy atom. The summed E-state index contributed by atoms with van der Waals surface area (Å²) in [5.41, 5.74) is 8.03. The summed E-state index contributed by atoms with van der Waals surface area (Å²) < 4.78 is 10.4. The van der Waals surface area contributed by atoms with Crippen LogP contribution < -0.4 is 15.8 Å². The molecule has 0 heterocycles. The first-order valence-corrected chi connectivity index (χ1v) is 8.90. The molecule has 0 aliphatic carbocycles. The summed E-state index contributed by atoms with van der Waals surface area (Å²) in [6.45, 7) is 5.45. The molecule has 2 rings (SSSR count). The van der Waals surface area contributed by atoms with Gasteiger partial charge in [-0.05, 0) is 50.1 Å². The minimum Gasteiger partial charge on any atom is -0.495 e. The maximum atomic E-state index is 12.3. The van der Waals surface area contributed by atoms with Crippen molar-refractivity contribution in [3.05, 3.63) is 59.7 Å². The van der Waals surface area contributed by atoms with Crippen molar-refractivity contribution >= 4 is 29.3 Å². The number of para-hydroxylation sites is 1. The molecule has 0 radical (unpaired) electrons. The molecule has 28 heavy (non-hydrogen) atoms. The number of nitrogen functional groups attached to an aromatic ring is 1. The van der Waals surface area contributed by atoms with E-state index in [1.165, 1.54) is 13.2 Å². The van der Waals surface area contributed by atoms with Gasteiger partial charge in [0.2, 0.25) is 5.91 Å². The number of carbonyl (C=O) groups excluding carboxylic acids is 2. The number of nitrogens with one attached hydrogen (secondary N) is 1. The Bertz CT molecular complexity index is 865. The molecule has 2 aromatic carbocycles. The second-order valence-electron chi connectivity index (χ2n) is 7.25. The van der Waals surface area contributed by atoms with Crippen molar-refractivity contribution in [1.82, 2.24) is 0 Å². The number of ether oxygens (including phenoxy) is 2. The van der Waals surface area contributed by atoms with Crippen LogP contribution in [-0.4, -0.2) is 24.6 Å². The van der Waals surface area contributed by atoms with E-state index in [2.05, 4.69) is 5.32 Å². The van der Waals surface area contributed by atoms with Gasteiger partial charge in [-0.15, -0.1) is 0 Å². The predicted molar refractivity (Wildman–Crippen MR) is 111 cm³/mol. The predicted octanol–water partition coefficient (Wildman–Crippen LogP) is 3.81. The minimum absolute atomic E-state index is 0.183. The highest BCUT2D eigenvalue weighted by Gasteiger charge is 2.14. The van der Waals surface area contributed by atoms with Gasteiger partial charge in [-0.25, -0.2) is 4.79 Å². The van der Waals surface area contributed by atoms with Gasteiger partial charge in [-0.1, -0.05) is 30.3 Å². The van der Waals surface area contributed by atoms with Gasteiger partial charge in [0.25, 0.3) is 0 Å². The van der Waals surface area contributed by atoms with Crippen LogP contribution in [0.3, 0.4) is 0 Å². The molecule has 148 valence electrons. The second-order valence-corrected chi connectivity index (χ2v) is 7.25. The van der Waals surface area contributed by atoms with Gasteiger partial charge in [0.1, 0.15) is 11.4 Å². The molecule has 0 saturated heterocycles. The second kappa shape index (κ2) is 9.08. The third-order valence-corrected chi connectivity index (χ3v) is 3.72. The first-order valence-electron chi connectivity index (χ1n) is 8.90. The van der Waals surface area contributed by atoms with E-state index < -0.39 is 11.6 Å². The molecule has 3 N–H and O–H groups in total. The number of hydrogen-bond acceptors (Lipinski definition) is 5. The zero-order chi connectivity index (χ0) is 20.7. The molecule has 0 saturated carbocycles. The fraction of sp³-hybridized carbons (Fsp3) is 0.273. The van der Waals surface area contributed by atoms with Crippen LogP contribution in [0.2, 0.25) is 0 Å².